The molecule has 1 aliphatic rings. The smallest absolute Gasteiger partial charge is 0.341 e. The van der Waals surface area contributed by atoms with Crippen molar-refractivity contribution in [2.24, 2.45) is 0 Å². The molecule has 7 heteroatoms. The summed E-state index contributed by atoms with van der Waals surface area (Å²) >= 11 is 5.66. The van der Waals surface area contributed by atoms with Gasteiger partial charge in [0.25, 0.3) is 0 Å². The Morgan fingerprint density at radius 2 is 2.28 bits per heavy atom. The van der Waals surface area contributed by atoms with Crippen molar-refractivity contribution in [3.63, 3.8) is 0 Å². The zero-order valence-electron chi connectivity index (χ0n) is 9.64. The molecule has 1 aliphatic carbocycles. The van der Waals surface area contributed by atoms with Crippen molar-refractivity contribution in [3.8, 4) is 0 Å². The number of aromatic nitrogens is 2. The monoisotopic (exact) mass is 271 g/mol. The molecule has 1 aromatic heterocycles. The topological polar surface area (TPSA) is 95.3 Å². The molecule has 6 nitrogen and oxygen atoms in total. The summed E-state index contributed by atoms with van der Waals surface area (Å²) in [7, 11) is 0. The lowest BCUT2D eigenvalue weighted by atomic mass is 9.93. The quantitative estimate of drug-likeness (QED) is 0.722. The van der Waals surface area contributed by atoms with Gasteiger partial charge < -0.3 is 15.5 Å². The number of anilines is 1. The number of aliphatic hydroxyl groups is 1. The maximum Gasteiger partial charge on any atom is 0.341 e. The van der Waals surface area contributed by atoms with E-state index in [0.717, 1.165) is 19.3 Å². The van der Waals surface area contributed by atoms with Crippen molar-refractivity contribution in [2.75, 3.05) is 5.32 Å². The average Bonchev–Trinajstić information content (AvgIpc) is 2.28. The Balaban J connectivity index is 2.16. The lowest BCUT2D eigenvalue weighted by molar-refractivity contribution is 0.0697. The van der Waals surface area contributed by atoms with Crippen LogP contribution in [0.3, 0.4) is 0 Å². The third-order valence-corrected chi connectivity index (χ3v) is 3.16. The van der Waals surface area contributed by atoms with Gasteiger partial charge >= 0.3 is 5.97 Å². The Labute approximate surface area is 109 Å². The standard InChI is InChI=1S/C11H14ClN3O3/c12-11-13-5-8(10(17)18)9(15-11)14-6-2-1-3-7(16)4-6/h5-7,16H,1-4H2,(H,17,18)(H,13,14,15)/t6-,7+/m1/s1. The molecule has 1 aromatic rings. The Morgan fingerprint density at radius 3 is 2.94 bits per heavy atom. The highest BCUT2D eigenvalue weighted by Gasteiger charge is 2.22. The first kappa shape index (κ1) is 13.0. The van der Waals surface area contributed by atoms with Crippen LogP contribution in [0.1, 0.15) is 36.0 Å². The predicted octanol–water partition coefficient (Wildman–Crippen LogP) is 1.54. The van der Waals surface area contributed by atoms with E-state index >= 15 is 0 Å². The number of carboxylic acid groups (broad SMARTS) is 1. The molecule has 1 heterocycles. The van der Waals surface area contributed by atoms with Crippen LogP contribution in [0.15, 0.2) is 6.20 Å². The maximum absolute atomic E-state index is 11.0. The molecular formula is C11H14ClN3O3. The minimum Gasteiger partial charge on any atom is -0.477 e. The number of aliphatic hydroxyl groups excluding tert-OH is 1. The summed E-state index contributed by atoms with van der Waals surface area (Å²) in [6.07, 6.45) is 3.98. The van der Waals surface area contributed by atoms with E-state index in [-0.39, 0.29) is 28.8 Å². The van der Waals surface area contributed by atoms with Crippen LogP contribution < -0.4 is 5.32 Å². The second-order valence-electron chi connectivity index (χ2n) is 4.37. The molecule has 0 aromatic carbocycles. The second kappa shape index (κ2) is 5.49. The molecule has 0 aliphatic heterocycles. The van der Waals surface area contributed by atoms with E-state index in [0.29, 0.717) is 6.42 Å². The Morgan fingerprint density at radius 1 is 1.50 bits per heavy atom. The first-order valence-corrected chi connectivity index (χ1v) is 6.14. The average molecular weight is 272 g/mol. The van der Waals surface area contributed by atoms with Gasteiger partial charge in [0, 0.05) is 12.2 Å². The summed E-state index contributed by atoms with van der Waals surface area (Å²) in [6, 6.07) is 0.0119. The number of hydrogen-bond donors (Lipinski definition) is 3. The maximum atomic E-state index is 11.0. The lowest BCUT2D eigenvalue weighted by Crippen LogP contribution is -2.31. The first-order chi connectivity index (χ1) is 8.56. The molecule has 1 saturated carbocycles. The minimum absolute atomic E-state index is 0.00106. The van der Waals surface area contributed by atoms with E-state index in [1.165, 1.54) is 6.20 Å². The molecule has 0 radical (unpaired) electrons. The van der Waals surface area contributed by atoms with Gasteiger partial charge in [0.05, 0.1) is 6.10 Å². The van der Waals surface area contributed by atoms with Crippen molar-refractivity contribution < 1.29 is 15.0 Å². The first-order valence-electron chi connectivity index (χ1n) is 5.76. The van der Waals surface area contributed by atoms with Gasteiger partial charge in [0.15, 0.2) is 0 Å². The van der Waals surface area contributed by atoms with E-state index in [9.17, 15) is 9.90 Å². The van der Waals surface area contributed by atoms with Gasteiger partial charge in [-0.1, -0.05) is 0 Å². The van der Waals surface area contributed by atoms with Crippen molar-refractivity contribution in [1.82, 2.24) is 9.97 Å². The van der Waals surface area contributed by atoms with Gasteiger partial charge in [0.1, 0.15) is 11.4 Å². The molecule has 0 saturated heterocycles. The molecule has 0 bridgehead atoms. The molecule has 0 amide bonds. The number of hydrogen-bond acceptors (Lipinski definition) is 5. The summed E-state index contributed by atoms with van der Waals surface area (Å²) in [6.45, 7) is 0. The number of halogens is 1. The van der Waals surface area contributed by atoms with Gasteiger partial charge in [-0.3, -0.25) is 0 Å². The van der Waals surface area contributed by atoms with Crippen LogP contribution >= 0.6 is 11.6 Å². The van der Waals surface area contributed by atoms with Crippen molar-refractivity contribution >= 4 is 23.4 Å². The summed E-state index contributed by atoms with van der Waals surface area (Å²) in [5.74, 6) is -0.896. The van der Waals surface area contributed by atoms with Crippen molar-refractivity contribution in [3.05, 3.63) is 17.0 Å². The summed E-state index contributed by atoms with van der Waals surface area (Å²) < 4.78 is 0. The second-order valence-corrected chi connectivity index (χ2v) is 4.71. The molecule has 2 atom stereocenters. The molecule has 0 unspecified atom stereocenters. The van der Waals surface area contributed by atoms with Gasteiger partial charge in [0.2, 0.25) is 5.28 Å². The Kier molecular flexibility index (Phi) is 3.98. The number of rotatable bonds is 3. The van der Waals surface area contributed by atoms with Crippen LogP contribution in [0.25, 0.3) is 0 Å². The van der Waals surface area contributed by atoms with Crippen LogP contribution in [0.2, 0.25) is 5.28 Å². The van der Waals surface area contributed by atoms with E-state index < -0.39 is 5.97 Å². The number of carbonyl (C=O) groups is 1. The largest absolute Gasteiger partial charge is 0.477 e. The van der Waals surface area contributed by atoms with Gasteiger partial charge in [-0.25, -0.2) is 9.78 Å². The van der Waals surface area contributed by atoms with E-state index in [1.54, 1.807) is 0 Å². The Bertz CT molecular complexity index is 455. The van der Waals surface area contributed by atoms with E-state index in [1.807, 2.05) is 0 Å². The molecule has 98 valence electrons. The summed E-state index contributed by atoms with van der Waals surface area (Å²) in [5.41, 5.74) is -0.0144. The lowest BCUT2D eigenvalue weighted by Gasteiger charge is -2.27. The zero-order chi connectivity index (χ0) is 13.1. The van der Waals surface area contributed by atoms with Crippen molar-refractivity contribution in [1.29, 1.82) is 0 Å². The van der Waals surface area contributed by atoms with Crippen LogP contribution in [0.5, 0.6) is 0 Å². The fourth-order valence-corrected chi connectivity index (χ4v) is 2.25. The van der Waals surface area contributed by atoms with Crippen LogP contribution in [0, 0.1) is 0 Å². The highest BCUT2D eigenvalue weighted by atomic mass is 35.5. The highest BCUT2D eigenvalue weighted by molar-refractivity contribution is 6.28. The van der Waals surface area contributed by atoms with Gasteiger partial charge in [-0.2, -0.15) is 4.98 Å². The fourth-order valence-electron chi connectivity index (χ4n) is 2.12. The predicted molar refractivity (Wildman–Crippen MR) is 65.9 cm³/mol. The van der Waals surface area contributed by atoms with Crippen LogP contribution in [-0.4, -0.2) is 38.3 Å². The molecule has 3 N–H and O–H groups in total. The third-order valence-electron chi connectivity index (χ3n) is 2.98. The van der Waals surface area contributed by atoms with Gasteiger partial charge in [-0.05, 0) is 37.3 Å². The summed E-state index contributed by atoms with van der Waals surface area (Å²) in [5, 5.41) is 21.6. The van der Waals surface area contributed by atoms with Crippen LogP contribution in [-0.2, 0) is 0 Å². The SMILES string of the molecule is O=C(O)c1cnc(Cl)nc1N[C@@H]1CCC[C@H](O)C1. The molecular weight excluding hydrogens is 258 g/mol. The normalized spacial score (nSPS) is 23.7. The number of nitrogens with one attached hydrogen (secondary N) is 1. The van der Waals surface area contributed by atoms with E-state index in [4.69, 9.17) is 16.7 Å². The Hall–Kier alpha value is -1.40. The van der Waals surface area contributed by atoms with Crippen LogP contribution in [0.4, 0.5) is 5.82 Å². The molecule has 18 heavy (non-hydrogen) atoms. The van der Waals surface area contributed by atoms with Crippen molar-refractivity contribution in [2.45, 2.75) is 37.8 Å². The zero-order valence-corrected chi connectivity index (χ0v) is 10.4. The number of aromatic carboxylic acids is 1. The minimum atomic E-state index is -1.11. The highest BCUT2D eigenvalue weighted by Crippen LogP contribution is 2.23. The molecule has 2 rings (SSSR count). The van der Waals surface area contributed by atoms with E-state index in [2.05, 4.69) is 15.3 Å². The number of carboxylic acids is 1. The van der Waals surface area contributed by atoms with Gasteiger partial charge in [-0.15, -0.1) is 0 Å². The summed E-state index contributed by atoms with van der Waals surface area (Å²) in [4.78, 5) is 18.6. The third kappa shape index (κ3) is 3.08. The molecule has 0 spiro atoms. The fraction of sp³-hybridized carbons (Fsp3) is 0.545. The molecule has 1 fully saturated rings. The number of nitrogens with zero attached hydrogens (tertiary/aromatic N) is 2.